The van der Waals surface area contributed by atoms with Gasteiger partial charge in [-0.2, -0.15) is 17.0 Å². The van der Waals surface area contributed by atoms with E-state index in [0.717, 1.165) is 50.3 Å². The van der Waals surface area contributed by atoms with Crippen LogP contribution in [0.3, 0.4) is 0 Å². The van der Waals surface area contributed by atoms with Crippen LogP contribution in [0.5, 0.6) is 11.5 Å². The maximum absolute atomic E-state index is 13.1. The maximum Gasteiger partial charge on any atom is 0.281 e. The molecule has 0 aliphatic carbocycles. The van der Waals surface area contributed by atoms with Gasteiger partial charge in [-0.3, -0.25) is 4.79 Å². The van der Waals surface area contributed by atoms with Gasteiger partial charge in [0.1, 0.15) is 0 Å². The highest BCUT2D eigenvalue weighted by atomic mass is 32.2. The number of likely N-dealkylation sites (tertiary alicyclic amines) is 1. The van der Waals surface area contributed by atoms with Gasteiger partial charge in [0, 0.05) is 45.2 Å². The molecule has 3 heterocycles. The molecule has 3 aliphatic heterocycles. The van der Waals surface area contributed by atoms with Crippen molar-refractivity contribution in [2.75, 3.05) is 53.0 Å². The molecule has 1 aromatic carbocycles. The SMILES string of the molecule is COc1ccccc1OCCC1CCN(C(=O)C2CCN(S(=O)(=O)N3CCC(C)CC3)CC2)C1. The van der Waals surface area contributed by atoms with Crippen molar-refractivity contribution in [2.45, 2.75) is 45.4 Å². The Hall–Kier alpha value is -1.84. The lowest BCUT2D eigenvalue weighted by molar-refractivity contribution is -0.135. The van der Waals surface area contributed by atoms with E-state index >= 15 is 0 Å². The Kier molecular flexibility index (Phi) is 8.37. The van der Waals surface area contributed by atoms with Crippen LogP contribution >= 0.6 is 0 Å². The minimum atomic E-state index is -3.40. The van der Waals surface area contributed by atoms with E-state index in [-0.39, 0.29) is 11.8 Å². The van der Waals surface area contributed by atoms with E-state index in [1.165, 1.54) is 0 Å². The normalized spacial score (nSPS) is 23.8. The molecule has 1 atom stereocenters. The number of ether oxygens (including phenoxy) is 2. The summed E-state index contributed by atoms with van der Waals surface area (Å²) in [6.45, 7) is 6.41. The molecule has 0 spiro atoms. The van der Waals surface area contributed by atoms with Crippen LogP contribution in [-0.4, -0.2) is 80.8 Å². The number of para-hydroxylation sites is 2. The van der Waals surface area contributed by atoms with Gasteiger partial charge < -0.3 is 14.4 Å². The smallest absolute Gasteiger partial charge is 0.281 e. The number of carbonyl (C=O) groups is 1. The second-order valence-electron chi connectivity index (χ2n) is 9.99. The standard InChI is InChI=1S/C25H39N3O5S/c1-20-7-14-27(15-8-20)34(30,31)28-16-10-22(11-17-28)25(29)26-13-9-21(19-26)12-18-33-24-6-4-3-5-23(24)32-2/h3-6,20-22H,7-19H2,1-2H3. The van der Waals surface area contributed by atoms with E-state index in [1.807, 2.05) is 29.2 Å². The Balaban J connectivity index is 1.20. The van der Waals surface area contributed by atoms with Crippen molar-refractivity contribution in [2.24, 2.45) is 17.8 Å². The fourth-order valence-corrected chi connectivity index (χ4v) is 6.98. The van der Waals surface area contributed by atoms with Crippen molar-refractivity contribution in [1.82, 2.24) is 13.5 Å². The zero-order valence-electron chi connectivity index (χ0n) is 20.5. The first-order valence-electron chi connectivity index (χ1n) is 12.7. The Bertz CT molecular complexity index is 924. The molecule has 34 heavy (non-hydrogen) atoms. The Morgan fingerprint density at radius 1 is 0.941 bits per heavy atom. The zero-order valence-corrected chi connectivity index (χ0v) is 21.3. The third kappa shape index (κ3) is 5.86. The summed E-state index contributed by atoms with van der Waals surface area (Å²) in [4.78, 5) is 15.1. The van der Waals surface area contributed by atoms with E-state index in [4.69, 9.17) is 9.47 Å². The molecule has 9 heteroatoms. The number of hydrogen-bond acceptors (Lipinski definition) is 5. The predicted molar refractivity (Wildman–Crippen MR) is 131 cm³/mol. The number of hydrogen-bond donors (Lipinski definition) is 0. The third-order valence-corrected chi connectivity index (χ3v) is 9.68. The fraction of sp³-hybridized carbons (Fsp3) is 0.720. The first-order chi connectivity index (χ1) is 16.4. The molecule has 3 aliphatic rings. The second-order valence-corrected chi connectivity index (χ2v) is 11.9. The molecular weight excluding hydrogens is 454 g/mol. The van der Waals surface area contributed by atoms with E-state index in [2.05, 4.69) is 6.92 Å². The van der Waals surface area contributed by atoms with Crippen LogP contribution in [-0.2, 0) is 15.0 Å². The first kappa shape index (κ1) is 25.3. The molecule has 3 saturated heterocycles. The average molecular weight is 494 g/mol. The monoisotopic (exact) mass is 493 g/mol. The van der Waals surface area contributed by atoms with Crippen molar-refractivity contribution in [3.63, 3.8) is 0 Å². The Morgan fingerprint density at radius 2 is 1.56 bits per heavy atom. The number of nitrogens with zero attached hydrogens (tertiary/aromatic N) is 3. The van der Waals surface area contributed by atoms with Gasteiger partial charge >= 0.3 is 0 Å². The summed E-state index contributed by atoms with van der Waals surface area (Å²) in [5, 5.41) is 0. The molecule has 1 amide bonds. The van der Waals surface area contributed by atoms with Crippen molar-refractivity contribution >= 4 is 16.1 Å². The summed E-state index contributed by atoms with van der Waals surface area (Å²) in [6.07, 6.45) is 4.96. The lowest BCUT2D eigenvalue weighted by Gasteiger charge is -2.37. The van der Waals surface area contributed by atoms with Crippen LogP contribution in [0.4, 0.5) is 0 Å². The van der Waals surface area contributed by atoms with Crippen LogP contribution in [0.1, 0.15) is 45.4 Å². The minimum absolute atomic E-state index is 0.0728. The Labute approximate surface area is 204 Å². The molecule has 4 rings (SSSR count). The molecule has 0 aromatic heterocycles. The fourth-order valence-electron chi connectivity index (χ4n) is 5.31. The molecule has 3 fully saturated rings. The van der Waals surface area contributed by atoms with E-state index < -0.39 is 10.2 Å². The molecule has 0 bridgehead atoms. The maximum atomic E-state index is 13.1. The highest BCUT2D eigenvalue weighted by Crippen LogP contribution is 2.30. The highest BCUT2D eigenvalue weighted by Gasteiger charge is 2.38. The second kappa shape index (κ2) is 11.3. The largest absolute Gasteiger partial charge is 0.493 e. The summed E-state index contributed by atoms with van der Waals surface area (Å²) in [6, 6.07) is 7.63. The van der Waals surface area contributed by atoms with E-state index in [1.54, 1.807) is 15.7 Å². The number of rotatable bonds is 8. The molecule has 1 unspecified atom stereocenters. The molecule has 1 aromatic rings. The van der Waals surface area contributed by atoms with Crippen LogP contribution < -0.4 is 9.47 Å². The van der Waals surface area contributed by atoms with Gasteiger partial charge in [0.25, 0.3) is 10.2 Å². The van der Waals surface area contributed by atoms with Crippen molar-refractivity contribution in [1.29, 1.82) is 0 Å². The molecule has 0 saturated carbocycles. The van der Waals surface area contributed by atoms with Gasteiger partial charge in [-0.25, -0.2) is 0 Å². The van der Waals surface area contributed by atoms with E-state index in [0.29, 0.717) is 57.5 Å². The third-order valence-electron chi connectivity index (χ3n) is 7.65. The number of carbonyl (C=O) groups excluding carboxylic acids is 1. The van der Waals surface area contributed by atoms with Crippen LogP contribution in [0.25, 0.3) is 0 Å². The Morgan fingerprint density at radius 3 is 2.21 bits per heavy atom. The summed E-state index contributed by atoms with van der Waals surface area (Å²) < 4.78 is 40.5. The van der Waals surface area contributed by atoms with Gasteiger partial charge in [0.15, 0.2) is 11.5 Å². The lowest BCUT2D eigenvalue weighted by Crippen LogP contribution is -2.50. The molecule has 190 valence electrons. The summed E-state index contributed by atoms with van der Waals surface area (Å²) in [5.74, 6) is 2.62. The first-order valence-corrected chi connectivity index (χ1v) is 14.1. The van der Waals surface area contributed by atoms with Gasteiger partial charge in [-0.1, -0.05) is 19.1 Å². The minimum Gasteiger partial charge on any atom is -0.493 e. The quantitative estimate of drug-likeness (QED) is 0.556. The number of benzene rings is 1. The number of amides is 1. The molecule has 0 radical (unpaired) electrons. The van der Waals surface area contributed by atoms with Crippen molar-refractivity contribution in [3.8, 4) is 11.5 Å². The topological polar surface area (TPSA) is 79.4 Å². The van der Waals surface area contributed by atoms with Crippen LogP contribution in [0.2, 0.25) is 0 Å². The van der Waals surface area contributed by atoms with Gasteiger partial charge in [0.2, 0.25) is 5.91 Å². The zero-order chi connectivity index (χ0) is 24.1. The van der Waals surface area contributed by atoms with Crippen molar-refractivity contribution in [3.05, 3.63) is 24.3 Å². The van der Waals surface area contributed by atoms with Gasteiger partial charge in [-0.15, -0.1) is 0 Å². The highest BCUT2D eigenvalue weighted by molar-refractivity contribution is 7.86. The lowest BCUT2D eigenvalue weighted by atomic mass is 9.96. The predicted octanol–water partition coefficient (Wildman–Crippen LogP) is 3.00. The summed E-state index contributed by atoms with van der Waals surface area (Å²) in [7, 11) is -1.77. The van der Waals surface area contributed by atoms with Crippen LogP contribution in [0, 0.1) is 17.8 Å². The summed E-state index contributed by atoms with van der Waals surface area (Å²) >= 11 is 0. The van der Waals surface area contributed by atoms with Crippen molar-refractivity contribution < 1.29 is 22.7 Å². The summed E-state index contributed by atoms with van der Waals surface area (Å²) in [5.41, 5.74) is 0. The molecular formula is C25H39N3O5S. The van der Waals surface area contributed by atoms with Gasteiger partial charge in [-0.05, 0) is 62.5 Å². The van der Waals surface area contributed by atoms with E-state index in [9.17, 15) is 13.2 Å². The number of methoxy groups -OCH3 is 1. The average Bonchev–Trinajstić information content (AvgIpc) is 3.33. The molecule has 0 N–H and O–H groups in total. The number of piperidine rings is 2. The van der Waals surface area contributed by atoms with Crippen LogP contribution in [0.15, 0.2) is 24.3 Å². The molecule has 8 nitrogen and oxygen atoms in total. The van der Waals surface area contributed by atoms with Gasteiger partial charge in [0.05, 0.1) is 13.7 Å².